The molecule has 4 rings (SSSR count). The number of hydrogen-bond acceptors (Lipinski definition) is 4. The molecule has 170 valence electrons. The first-order valence-electron chi connectivity index (χ1n) is 10.3. The first-order chi connectivity index (χ1) is 15.7. The molecule has 0 aliphatic carbocycles. The maximum absolute atomic E-state index is 15.1. The van der Waals surface area contributed by atoms with Gasteiger partial charge in [0.25, 0.3) is 0 Å². The van der Waals surface area contributed by atoms with Gasteiger partial charge in [-0.25, -0.2) is 22.2 Å². The maximum Gasteiger partial charge on any atom is 0.232 e. The first kappa shape index (κ1) is 22.6. The fourth-order valence-electron chi connectivity index (χ4n) is 3.71. The minimum Gasteiger partial charge on any atom is -0.345 e. The molecule has 0 saturated heterocycles. The number of aryl methyl sites for hydroxylation is 1. The van der Waals surface area contributed by atoms with E-state index in [1.807, 2.05) is 0 Å². The second-order valence-electron chi connectivity index (χ2n) is 7.70. The Hall–Kier alpha value is -3.59. The van der Waals surface area contributed by atoms with Gasteiger partial charge in [-0.05, 0) is 54.8 Å². The van der Waals surface area contributed by atoms with Crippen molar-refractivity contribution < 1.29 is 22.0 Å². The predicted octanol–water partition coefficient (Wildman–Crippen LogP) is 5.20. The molecule has 4 aromatic rings. The number of anilines is 1. The zero-order valence-electron chi connectivity index (χ0n) is 17.9. The van der Waals surface area contributed by atoms with Crippen molar-refractivity contribution in [1.82, 2.24) is 9.97 Å². The zero-order chi connectivity index (χ0) is 23.8. The van der Waals surface area contributed by atoms with Crippen LogP contribution >= 0.6 is 0 Å². The molecule has 0 atom stereocenters. The molecule has 2 N–H and O–H groups in total. The van der Waals surface area contributed by atoms with Crippen LogP contribution < -0.4 is 4.72 Å². The highest BCUT2D eigenvalue weighted by Gasteiger charge is 2.22. The first-order valence-corrected chi connectivity index (χ1v) is 11.9. The summed E-state index contributed by atoms with van der Waals surface area (Å²) < 4.78 is 54.9. The number of sulfonamides is 1. The smallest absolute Gasteiger partial charge is 0.232 e. The van der Waals surface area contributed by atoms with Crippen LogP contribution in [0.1, 0.15) is 34.8 Å². The van der Waals surface area contributed by atoms with Crippen molar-refractivity contribution in [2.24, 2.45) is 0 Å². The van der Waals surface area contributed by atoms with E-state index < -0.39 is 21.6 Å². The van der Waals surface area contributed by atoms with E-state index in [2.05, 4.69) is 14.7 Å². The molecule has 2 aromatic carbocycles. The average Bonchev–Trinajstić information content (AvgIpc) is 3.18. The molecular formula is C24H21F2N3O3S. The van der Waals surface area contributed by atoms with Gasteiger partial charge in [-0.15, -0.1) is 0 Å². The number of nitrogens with one attached hydrogen (secondary N) is 2. The van der Waals surface area contributed by atoms with Crippen LogP contribution in [0.25, 0.3) is 22.2 Å². The number of benzene rings is 2. The van der Waals surface area contributed by atoms with Crippen molar-refractivity contribution in [3.8, 4) is 11.1 Å². The van der Waals surface area contributed by atoms with Crippen LogP contribution in [-0.4, -0.2) is 29.9 Å². The number of rotatable bonds is 7. The Balaban J connectivity index is 1.75. The van der Waals surface area contributed by atoms with Gasteiger partial charge in [0.05, 0.1) is 17.0 Å². The molecule has 33 heavy (non-hydrogen) atoms. The Morgan fingerprint density at radius 2 is 1.91 bits per heavy atom. The number of nitrogens with zero attached hydrogens (tertiary/aromatic N) is 1. The second kappa shape index (κ2) is 8.74. The van der Waals surface area contributed by atoms with Crippen LogP contribution in [0.2, 0.25) is 0 Å². The number of H-pyrrole nitrogens is 1. The minimum atomic E-state index is -3.73. The molecule has 2 aromatic heterocycles. The second-order valence-corrected chi connectivity index (χ2v) is 9.54. The van der Waals surface area contributed by atoms with Crippen LogP contribution in [0.4, 0.5) is 14.5 Å². The average molecular weight is 470 g/mol. The summed E-state index contributed by atoms with van der Waals surface area (Å²) >= 11 is 0. The summed E-state index contributed by atoms with van der Waals surface area (Å²) in [5.74, 6) is -2.09. The molecule has 9 heteroatoms. The number of pyridine rings is 1. The van der Waals surface area contributed by atoms with Crippen molar-refractivity contribution in [1.29, 1.82) is 0 Å². The van der Waals surface area contributed by atoms with E-state index in [-0.39, 0.29) is 28.4 Å². The molecule has 0 fully saturated rings. The van der Waals surface area contributed by atoms with E-state index in [1.54, 1.807) is 32.2 Å². The highest BCUT2D eigenvalue weighted by atomic mass is 32.2. The molecule has 2 heterocycles. The summed E-state index contributed by atoms with van der Waals surface area (Å²) in [6.07, 6.45) is 3.42. The number of carbonyl (C=O) groups excluding carboxylic acids is 1. The van der Waals surface area contributed by atoms with Crippen LogP contribution in [0.5, 0.6) is 0 Å². The van der Waals surface area contributed by atoms with Crippen molar-refractivity contribution in [2.45, 2.75) is 20.3 Å². The number of fused-ring (bicyclic) bond motifs is 1. The van der Waals surface area contributed by atoms with Gasteiger partial charge in [-0.3, -0.25) is 9.52 Å². The van der Waals surface area contributed by atoms with E-state index in [4.69, 9.17) is 0 Å². The number of carbonyl (C=O) groups is 1. The van der Waals surface area contributed by atoms with Crippen molar-refractivity contribution in [2.75, 3.05) is 10.5 Å². The van der Waals surface area contributed by atoms with Crippen molar-refractivity contribution in [3.05, 3.63) is 83.2 Å². The lowest BCUT2D eigenvalue weighted by Crippen LogP contribution is -2.18. The summed E-state index contributed by atoms with van der Waals surface area (Å²) in [5, 5.41) is 0.470. The molecule has 0 radical (unpaired) electrons. The van der Waals surface area contributed by atoms with E-state index in [0.29, 0.717) is 28.6 Å². The van der Waals surface area contributed by atoms with Crippen LogP contribution in [0.3, 0.4) is 0 Å². The standard InChI is InChI=1S/C24H21F2N3O3S/c1-3-9-33(31,32)29-21-6-4-5-18(22(21)26)23(30)20-13-28-24-19(20)11-15(12-27-24)17-8-7-16(25)10-14(17)2/h4-8,10-13,29H,3,9H2,1-2H3,(H,27,28). The lowest BCUT2D eigenvalue weighted by atomic mass is 9.98. The molecule has 0 saturated carbocycles. The van der Waals surface area contributed by atoms with Gasteiger partial charge in [0.2, 0.25) is 10.0 Å². The molecule has 6 nitrogen and oxygen atoms in total. The summed E-state index contributed by atoms with van der Waals surface area (Å²) in [5.41, 5.74) is 2.20. The van der Waals surface area contributed by atoms with Gasteiger partial charge in [-0.2, -0.15) is 0 Å². The van der Waals surface area contributed by atoms with Crippen LogP contribution in [0, 0.1) is 18.6 Å². The lowest BCUT2D eigenvalue weighted by Gasteiger charge is -2.10. The molecule has 0 unspecified atom stereocenters. The summed E-state index contributed by atoms with van der Waals surface area (Å²) in [6, 6.07) is 10.1. The highest BCUT2D eigenvalue weighted by molar-refractivity contribution is 7.92. The molecule has 0 amide bonds. The number of aromatic nitrogens is 2. The van der Waals surface area contributed by atoms with E-state index in [9.17, 15) is 17.6 Å². The largest absolute Gasteiger partial charge is 0.345 e. The Labute approximate surface area is 189 Å². The van der Waals surface area contributed by atoms with Gasteiger partial charge in [0.1, 0.15) is 11.5 Å². The van der Waals surface area contributed by atoms with Gasteiger partial charge in [0, 0.05) is 28.9 Å². The zero-order valence-corrected chi connectivity index (χ0v) is 18.8. The van der Waals surface area contributed by atoms with Gasteiger partial charge >= 0.3 is 0 Å². The Bertz CT molecular complexity index is 1480. The van der Waals surface area contributed by atoms with Crippen molar-refractivity contribution in [3.63, 3.8) is 0 Å². The fraction of sp³-hybridized carbons (Fsp3) is 0.167. The van der Waals surface area contributed by atoms with E-state index >= 15 is 4.39 Å². The normalized spacial score (nSPS) is 11.6. The lowest BCUT2D eigenvalue weighted by molar-refractivity contribution is 0.103. The van der Waals surface area contributed by atoms with E-state index in [1.165, 1.54) is 36.5 Å². The Morgan fingerprint density at radius 1 is 1.12 bits per heavy atom. The number of aromatic amines is 1. The predicted molar refractivity (Wildman–Crippen MR) is 124 cm³/mol. The van der Waals surface area contributed by atoms with Gasteiger partial charge < -0.3 is 4.98 Å². The quantitative estimate of drug-likeness (QED) is 0.364. The highest BCUT2D eigenvalue weighted by Crippen LogP contribution is 2.30. The summed E-state index contributed by atoms with van der Waals surface area (Å²) in [4.78, 5) is 20.5. The third-order valence-electron chi connectivity index (χ3n) is 5.26. The molecule has 0 bridgehead atoms. The van der Waals surface area contributed by atoms with E-state index in [0.717, 1.165) is 5.56 Å². The molecule has 0 spiro atoms. The van der Waals surface area contributed by atoms with Crippen molar-refractivity contribution >= 4 is 32.5 Å². The molecule has 0 aliphatic rings. The number of halogens is 2. The topological polar surface area (TPSA) is 91.9 Å². The maximum atomic E-state index is 15.1. The minimum absolute atomic E-state index is 0.162. The molecular weight excluding hydrogens is 448 g/mol. The third-order valence-corrected chi connectivity index (χ3v) is 6.73. The Morgan fingerprint density at radius 3 is 2.64 bits per heavy atom. The van der Waals surface area contributed by atoms with Crippen LogP contribution in [-0.2, 0) is 10.0 Å². The molecule has 0 aliphatic heterocycles. The summed E-state index contributed by atoms with van der Waals surface area (Å²) in [7, 11) is -3.73. The Kier molecular flexibility index (Phi) is 5.99. The SMILES string of the molecule is CCCS(=O)(=O)Nc1cccc(C(=O)c2c[nH]c3ncc(-c4ccc(F)cc4C)cc23)c1F. The van der Waals surface area contributed by atoms with Gasteiger partial charge in [0.15, 0.2) is 11.6 Å². The monoisotopic (exact) mass is 469 g/mol. The summed E-state index contributed by atoms with van der Waals surface area (Å²) in [6.45, 7) is 3.47. The number of hydrogen-bond donors (Lipinski definition) is 2. The third kappa shape index (κ3) is 4.49. The van der Waals surface area contributed by atoms with Gasteiger partial charge in [-0.1, -0.05) is 19.1 Å². The van der Waals surface area contributed by atoms with Crippen LogP contribution in [0.15, 0.2) is 54.9 Å². The number of ketones is 1. The fourth-order valence-corrected chi connectivity index (χ4v) is 4.84.